The molecule has 0 aliphatic heterocycles. The van der Waals surface area contributed by atoms with Crippen LogP contribution in [0.15, 0.2) is 47.2 Å². The number of methoxy groups -OCH3 is 1. The molecule has 2 aromatic rings. The third-order valence-corrected chi connectivity index (χ3v) is 3.00. The van der Waals surface area contributed by atoms with E-state index >= 15 is 0 Å². The van der Waals surface area contributed by atoms with Crippen LogP contribution in [0.4, 0.5) is 0 Å². The Labute approximate surface area is 113 Å². The van der Waals surface area contributed by atoms with Gasteiger partial charge < -0.3 is 14.7 Å². The zero-order valence-corrected chi connectivity index (χ0v) is 11.4. The van der Waals surface area contributed by atoms with Gasteiger partial charge >= 0.3 is 0 Å². The van der Waals surface area contributed by atoms with Crippen molar-refractivity contribution in [1.29, 1.82) is 0 Å². The minimum atomic E-state index is 0.436. The molecule has 0 radical (unpaired) electrons. The molecule has 18 heavy (non-hydrogen) atoms. The number of hydrogen-bond donors (Lipinski definition) is 0. The van der Waals surface area contributed by atoms with Crippen LogP contribution in [0, 0.1) is 5.21 Å². The van der Waals surface area contributed by atoms with Gasteiger partial charge in [-0.15, -0.1) is 0 Å². The molecular weight excluding hydrogens is 298 g/mol. The quantitative estimate of drug-likeness (QED) is 0.644. The Hall–Kier alpha value is -1.75. The first-order valence-electron chi connectivity index (χ1n) is 5.33. The lowest BCUT2D eigenvalue weighted by Crippen LogP contribution is -2.24. The second-order valence-corrected chi connectivity index (χ2v) is 4.51. The average Bonchev–Trinajstić information content (AvgIpc) is 2.38. The van der Waals surface area contributed by atoms with Crippen LogP contribution < -0.4 is 14.2 Å². The number of halogens is 1. The van der Waals surface area contributed by atoms with Gasteiger partial charge in [-0.25, -0.2) is 0 Å². The molecule has 0 fully saturated rings. The first kappa shape index (κ1) is 12.7. The molecule has 1 aromatic heterocycles. The summed E-state index contributed by atoms with van der Waals surface area (Å²) in [5.41, 5.74) is 1.03. The van der Waals surface area contributed by atoms with E-state index in [1.807, 2.05) is 24.3 Å². The van der Waals surface area contributed by atoms with Crippen molar-refractivity contribution < 1.29 is 14.2 Å². The summed E-state index contributed by atoms with van der Waals surface area (Å²) in [6.07, 6.45) is 2.80. The molecule has 1 heterocycles. The minimum absolute atomic E-state index is 0.436. The number of hydrogen-bond acceptors (Lipinski definition) is 3. The number of nitrogens with zero attached hydrogens (tertiary/aromatic N) is 1. The van der Waals surface area contributed by atoms with E-state index in [9.17, 15) is 5.21 Å². The number of aromatic nitrogens is 1. The predicted molar refractivity (Wildman–Crippen MR) is 70.4 cm³/mol. The Bertz CT molecular complexity index is 528. The highest BCUT2D eigenvalue weighted by atomic mass is 79.9. The van der Waals surface area contributed by atoms with Gasteiger partial charge in [0.2, 0.25) is 0 Å². The molecule has 5 heteroatoms. The van der Waals surface area contributed by atoms with Crippen LogP contribution in [-0.4, -0.2) is 7.11 Å². The number of ether oxygens (including phenoxy) is 2. The van der Waals surface area contributed by atoms with E-state index in [1.165, 1.54) is 12.4 Å². The summed E-state index contributed by atoms with van der Waals surface area (Å²) in [5.74, 6) is 1.45. The van der Waals surface area contributed by atoms with E-state index in [2.05, 4.69) is 15.9 Å². The second-order valence-electron chi connectivity index (χ2n) is 3.65. The lowest BCUT2D eigenvalue weighted by atomic mass is 10.2. The largest absolute Gasteiger partial charge is 0.619 e. The maximum atomic E-state index is 11.0. The lowest BCUT2D eigenvalue weighted by Gasteiger charge is -2.08. The molecule has 4 nitrogen and oxygen atoms in total. The smallest absolute Gasteiger partial charge is 0.198 e. The fourth-order valence-corrected chi connectivity index (χ4v) is 1.89. The van der Waals surface area contributed by atoms with Crippen molar-refractivity contribution in [3.05, 3.63) is 58.0 Å². The van der Waals surface area contributed by atoms with Gasteiger partial charge in [-0.2, -0.15) is 4.73 Å². The van der Waals surface area contributed by atoms with Crippen molar-refractivity contribution in [2.24, 2.45) is 0 Å². The molecule has 0 saturated heterocycles. The first-order chi connectivity index (χ1) is 8.69. The monoisotopic (exact) mass is 309 g/mol. The standard InChI is InChI=1S/C13H12BrNO3/c1-17-11-4-2-10(3-5-11)9-18-13-6-7-15(16)8-12(13)14/h2-8H,9H2,1H3. The maximum Gasteiger partial charge on any atom is 0.198 e. The van der Waals surface area contributed by atoms with Crippen molar-refractivity contribution in [2.75, 3.05) is 7.11 Å². The summed E-state index contributed by atoms with van der Waals surface area (Å²) < 4.78 is 12.0. The van der Waals surface area contributed by atoms with Crippen molar-refractivity contribution in [3.8, 4) is 11.5 Å². The summed E-state index contributed by atoms with van der Waals surface area (Å²) in [6, 6.07) is 9.25. The summed E-state index contributed by atoms with van der Waals surface area (Å²) in [6.45, 7) is 0.436. The van der Waals surface area contributed by atoms with Gasteiger partial charge in [-0.3, -0.25) is 0 Å². The van der Waals surface area contributed by atoms with Crippen molar-refractivity contribution in [1.82, 2.24) is 0 Å². The predicted octanol–water partition coefficient (Wildman–Crippen LogP) is 2.67. The van der Waals surface area contributed by atoms with Gasteiger partial charge in [0, 0.05) is 6.07 Å². The molecule has 94 valence electrons. The fraction of sp³-hybridized carbons (Fsp3) is 0.154. The van der Waals surface area contributed by atoms with Crippen LogP contribution in [0.1, 0.15) is 5.56 Å². The molecule has 2 rings (SSSR count). The minimum Gasteiger partial charge on any atom is -0.619 e. The molecule has 0 atom stereocenters. The van der Waals surface area contributed by atoms with Crippen molar-refractivity contribution >= 4 is 15.9 Å². The normalized spacial score (nSPS) is 10.1. The molecule has 0 unspecified atom stereocenters. The number of benzene rings is 1. The average molecular weight is 310 g/mol. The van der Waals surface area contributed by atoms with E-state index in [4.69, 9.17) is 9.47 Å². The van der Waals surface area contributed by atoms with Crippen LogP contribution in [-0.2, 0) is 6.61 Å². The van der Waals surface area contributed by atoms with Crippen LogP contribution >= 0.6 is 15.9 Å². The summed E-state index contributed by atoms with van der Waals surface area (Å²) in [4.78, 5) is 0. The van der Waals surface area contributed by atoms with E-state index < -0.39 is 0 Å². The number of rotatable bonds is 4. The molecule has 0 aliphatic carbocycles. The van der Waals surface area contributed by atoms with Gasteiger partial charge in [0.05, 0.1) is 7.11 Å². The molecule has 0 N–H and O–H groups in total. The highest BCUT2D eigenvalue weighted by Crippen LogP contribution is 2.23. The summed E-state index contributed by atoms with van der Waals surface area (Å²) in [7, 11) is 1.63. The molecule has 0 saturated carbocycles. The highest BCUT2D eigenvalue weighted by molar-refractivity contribution is 9.10. The van der Waals surface area contributed by atoms with Crippen LogP contribution in [0.25, 0.3) is 0 Å². The molecule has 0 spiro atoms. The Morgan fingerprint density at radius 3 is 2.56 bits per heavy atom. The molecule has 0 aliphatic rings. The molecule has 1 aromatic carbocycles. The third kappa shape index (κ3) is 3.13. The molecular formula is C13H12BrNO3. The summed E-state index contributed by atoms with van der Waals surface area (Å²) in [5, 5.41) is 11.0. The second kappa shape index (κ2) is 5.73. The zero-order valence-electron chi connectivity index (χ0n) is 9.80. The van der Waals surface area contributed by atoms with Gasteiger partial charge in [0.25, 0.3) is 0 Å². The lowest BCUT2D eigenvalue weighted by molar-refractivity contribution is -0.606. The Balaban J connectivity index is 2.02. The van der Waals surface area contributed by atoms with Crippen LogP contribution in [0.5, 0.6) is 11.5 Å². The van der Waals surface area contributed by atoms with Crippen LogP contribution in [0.3, 0.4) is 0 Å². The topological polar surface area (TPSA) is 45.4 Å². The van der Waals surface area contributed by atoms with E-state index in [-0.39, 0.29) is 0 Å². The van der Waals surface area contributed by atoms with Gasteiger partial charge in [0.15, 0.2) is 12.4 Å². The zero-order chi connectivity index (χ0) is 13.0. The SMILES string of the molecule is COc1ccc(COc2cc[n+]([O-])cc2Br)cc1. The van der Waals surface area contributed by atoms with E-state index in [0.717, 1.165) is 11.3 Å². The van der Waals surface area contributed by atoms with E-state index in [0.29, 0.717) is 21.6 Å². The molecule has 0 bridgehead atoms. The fourth-order valence-electron chi connectivity index (χ4n) is 1.44. The molecule has 0 amide bonds. The van der Waals surface area contributed by atoms with Crippen molar-refractivity contribution in [2.45, 2.75) is 6.61 Å². The van der Waals surface area contributed by atoms with Gasteiger partial charge in [0.1, 0.15) is 22.6 Å². The van der Waals surface area contributed by atoms with E-state index in [1.54, 1.807) is 13.2 Å². The van der Waals surface area contributed by atoms with Crippen LogP contribution in [0.2, 0.25) is 0 Å². The first-order valence-corrected chi connectivity index (χ1v) is 6.12. The third-order valence-electron chi connectivity index (χ3n) is 2.40. The Morgan fingerprint density at radius 1 is 1.22 bits per heavy atom. The Morgan fingerprint density at radius 2 is 1.94 bits per heavy atom. The van der Waals surface area contributed by atoms with Gasteiger partial charge in [-0.1, -0.05) is 12.1 Å². The summed E-state index contributed by atoms with van der Waals surface area (Å²) >= 11 is 3.28. The van der Waals surface area contributed by atoms with Crippen molar-refractivity contribution in [3.63, 3.8) is 0 Å². The Kier molecular flexibility index (Phi) is 4.04. The number of pyridine rings is 1. The highest BCUT2D eigenvalue weighted by Gasteiger charge is 2.05. The van der Waals surface area contributed by atoms with Gasteiger partial charge in [-0.05, 0) is 33.6 Å². The maximum absolute atomic E-state index is 11.0.